The van der Waals surface area contributed by atoms with Gasteiger partial charge in [-0.05, 0) is 25.0 Å². The van der Waals surface area contributed by atoms with Gasteiger partial charge < -0.3 is 9.32 Å². The van der Waals surface area contributed by atoms with Crippen LogP contribution in [0.15, 0.2) is 28.9 Å². The van der Waals surface area contributed by atoms with Crippen molar-refractivity contribution in [2.75, 3.05) is 18.4 Å². The molecule has 1 saturated heterocycles. The summed E-state index contributed by atoms with van der Waals surface area (Å²) in [5.41, 5.74) is -0.870. The van der Waals surface area contributed by atoms with Crippen molar-refractivity contribution in [1.29, 1.82) is 0 Å². The molecule has 1 aromatic carbocycles. The SMILES string of the molecule is CC(C)(C)C(=O)N1CCC[C@H](C(=O)Nc2nc(-c3c(F)cccc3F)co2)C1. The number of benzene rings is 1. The second-order valence-electron chi connectivity index (χ2n) is 7.96. The van der Waals surface area contributed by atoms with Crippen LogP contribution in [-0.4, -0.2) is 34.8 Å². The number of likely N-dealkylation sites (tertiary alicyclic amines) is 1. The number of nitrogens with zero attached hydrogens (tertiary/aromatic N) is 2. The van der Waals surface area contributed by atoms with Gasteiger partial charge in [-0.25, -0.2) is 8.78 Å². The van der Waals surface area contributed by atoms with Crippen molar-refractivity contribution >= 4 is 17.8 Å². The van der Waals surface area contributed by atoms with Gasteiger partial charge in [-0.1, -0.05) is 26.8 Å². The second kappa shape index (κ2) is 7.69. The molecule has 1 aliphatic heterocycles. The van der Waals surface area contributed by atoms with Gasteiger partial charge in [0.1, 0.15) is 23.6 Å². The number of carbonyl (C=O) groups is 2. The molecule has 0 aliphatic carbocycles. The quantitative estimate of drug-likeness (QED) is 0.863. The van der Waals surface area contributed by atoms with Crippen LogP contribution in [0.4, 0.5) is 14.8 Å². The molecule has 6 nitrogen and oxygen atoms in total. The molecule has 28 heavy (non-hydrogen) atoms. The molecule has 2 aromatic rings. The number of hydrogen-bond acceptors (Lipinski definition) is 4. The van der Waals surface area contributed by atoms with E-state index in [1.165, 1.54) is 6.07 Å². The Labute approximate surface area is 161 Å². The second-order valence-corrected chi connectivity index (χ2v) is 7.96. The zero-order valence-corrected chi connectivity index (χ0v) is 16.1. The van der Waals surface area contributed by atoms with E-state index in [2.05, 4.69) is 10.3 Å². The van der Waals surface area contributed by atoms with E-state index in [0.717, 1.165) is 24.8 Å². The molecule has 2 amide bonds. The molecule has 2 heterocycles. The van der Waals surface area contributed by atoms with E-state index >= 15 is 0 Å². The first-order valence-corrected chi connectivity index (χ1v) is 9.17. The summed E-state index contributed by atoms with van der Waals surface area (Å²) in [4.78, 5) is 30.7. The van der Waals surface area contributed by atoms with Crippen molar-refractivity contribution in [3.05, 3.63) is 36.1 Å². The minimum atomic E-state index is -0.769. The number of piperidine rings is 1. The maximum atomic E-state index is 13.9. The van der Waals surface area contributed by atoms with Gasteiger partial charge in [0.25, 0.3) is 0 Å². The Balaban J connectivity index is 1.69. The fourth-order valence-electron chi connectivity index (χ4n) is 3.25. The number of carbonyl (C=O) groups excluding carboxylic acids is 2. The van der Waals surface area contributed by atoms with Crippen LogP contribution < -0.4 is 5.32 Å². The average molecular weight is 391 g/mol. The first kappa shape index (κ1) is 20.0. The Kier molecular flexibility index (Phi) is 5.49. The molecule has 1 atom stereocenters. The predicted molar refractivity (Wildman–Crippen MR) is 99.2 cm³/mol. The number of halogens is 2. The number of amides is 2. The van der Waals surface area contributed by atoms with Crippen LogP contribution in [0, 0.1) is 23.0 Å². The van der Waals surface area contributed by atoms with E-state index in [-0.39, 0.29) is 29.1 Å². The average Bonchev–Trinajstić information content (AvgIpc) is 3.08. The third-order valence-corrected chi connectivity index (χ3v) is 4.67. The Hall–Kier alpha value is -2.77. The van der Waals surface area contributed by atoms with Gasteiger partial charge in [0, 0.05) is 18.5 Å². The highest BCUT2D eigenvalue weighted by molar-refractivity contribution is 5.92. The highest BCUT2D eigenvalue weighted by Crippen LogP contribution is 2.28. The van der Waals surface area contributed by atoms with Crippen LogP contribution in [0.1, 0.15) is 33.6 Å². The molecule has 1 aliphatic rings. The monoisotopic (exact) mass is 391 g/mol. The van der Waals surface area contributed by atoms with E-state index in [0.29, 0.717) is 19.5 Å². The maximum Gasteiger partial charge on any atom is 0.301 e. The number of hydrogen-bond donors (Lipinski definition) is 1. The van der Waals surface area contributed by atoms with Crippen molar-refractivity contribution in [2.24, 2.45) is 11.3 Å². The molecule has 0 unspecified atom stereocenters. The Morgan fingerprint density at radius 3 is 2.57 bits per heavy atom. The number of nitrogens with one attached hydrogen (secondary N) is 1. The van der Waals surface area contributed by atoms with Crippen LogP contribution in [0.25, 0.3) is 11.3 Å². The first-order valence-electron chi connectivity index (χ1n) is 9.17. The molecule has 1 N–H and O–H groups in total. The molecule has 0 radical (unpaired) electrons. The minimum absolute atomic E-state index is 0.00145. The molecule has 0 bridgehead atoms. The lowest BCUT2D eigenvalue weighted by Gasteiger charge is -2.35. The summed E-state index contributed by atoms with van der Waals surface area (Å²) < 4.78 is 32.9. The van der Waals surface area contributed by atoms with Crippen molar-refractivity contribution in [3.8, 4) is 11.3 Å². The lowest BCUT2D eigenvalue weighted by atomic mass is 9.91. The van der Waals surface area contributed by atoms with Gasteiger partial charge in [-0.2, -0.15) is 4.98 Å². The van der Waals surface area contributed by atoms with E-state index in [1.807, 2.05) is 20.8 Å². The van der Waals surface area contributed by atoms with E-state index in [9.17, 15) is 18.4 Å². The summed E-state index contributed by atoms with van der Waals surface area (Å²) in [6.45, 7) is 6.46. The Morgan fingerprint density at radius 2 is 1.93 bits per heavy atom. The van der Waals surface area contributed by atoms with Crippen molar-refractivity contribution in [2.45, 2.75) is 33.6 Å². The van der Waals surface area contributed by atoms with Gasteiger partial charge in [0.2, 0.25) is 11.8 Å². The normalized spacial score (nSPS) is 17.5. The van der Waals surface area contributed by atoms with E-state index < -0.39 is 23.0 Å². The third-order valence-electron chi connectivity index (χ3n) is 4.67. The summed E-state index contributed by atoms with van der Waals surface area (Å²) in [6, 6.07) is 3.36. The number of oxazole rings is 1. The summed E-state index contributed by atoms with van der Waals surface area (Å²) in [5.74, 6) is -2.28. The lowest BCUT2D eigenvalue weighted by Crippen LogP contribution is -2.47. The largest absolute Gasteiger partial charge is 0.431 e. The smallest absolute Gasteiger partial charge is 0.301 e. The molecular weight excluding hydrogens is 368 g/mol. The summed E-state index contributed by atoms with van der Waals surface area (Å²) >= 11 is 0. The molecular formula is C20H23F2N3O3. The molecule has 0 saturated carbocycles. The third kappa shape index (κ3) is 4.21. The molecule has 0 spiro atoms. The van der Waals surface area contributed by atoms with Crippen molar-refractivity contribution in [3.63, 3.8) is 0 Å². The molecule has 3 rings (SSSR count). The molecule has 1 aromatic heterocycles. The Morgan fingerprint density at radius 1 is 1.25 bits per heavy atom. The number of anilines is 1. The van der Waals surface area contributed by atoms with Crippen molar-refractivity contribution in [1.82, 2.24) is 9.88 Å². The van der Waals surface area contributed by atoms with Gasteiger partial charge in [-0.3, -0.25) is 14.9 Å². The van der Waals surface area contributed by atoms with Crippen LogP contribution in [0.5, 0.6) is 0 Å². The molecule has 1 fully saturated rings. The number of rotatable bonds is 3. The van der Waals surface area contributed by atoms with Gasteiger partial charge in [0.15, 0.2) is 0 Å². The zero-order chi connectivity index (χ0) is 20.5. The minimum Gasteiger partial charge on any atom is -0.431 e. The fourth-order valence-corrected chi connectivity index (χ4v) is 3.25. The van der Waals surface area contributed by atoms with Crippen LogP contribution >= 0.6 is 0 Å². The summed E-state index contributed by atoms with van der Waals surface area (Å²) in [6.07, 6.45) is 2.44. The standard InChI is InChI=1S/C20H23F2N3O3/c1-20(2,3)18(27)25-9-5-6-12(10-25)17(26)24-19-23-15(11-28-19)16-13(21)7-4-8-14(16)22/h4,7-8,11-12H,5-6,9-10H2,1-3H3,(H,23,24,26)/t12-/m0/s1. The topological polar surface area (TPSA) is 75.4 Å². The number of aromatic nitrogens is 1. The highest BCUT2D eigenvalue weighted by atomic mass is 19.1. The van der Waals surface area contributed by atoms with Gasteiger partial charge in [-0.15, -0.1) is 0 Å². The van der Waals surface area contributed by atoms with Crippen molar-refractivity contribution < 1.29 is 22.8 Å². The van der Waals surface area contributed by atoms with Gasteiger partial charge >= 0.3 is 6.01 Å². The molecule has 150 valence electrons. The Bertz CT molecular complexity index is 869. The van der Waals surface area contributed by atoms with E-state index in [4.69, 9.17) is 4.42 Å². The van der Waals surface area contributed by atoms with Gasteiger partial charge in [0.05, 0.1) is 11.5 Å². The fraction of sp³-hybridized carbons (Fsp3) is 0.450. The van der Waals surface area contributed by atoms with Crippen LogP contribution in [0.2, 0.25) is 0 Å². The summed E-state index contributed by atoms with van der Waals surface area (Å²) in [7, 11) is 0. The lowest BCUT2D eigenvalue weighted by molar-refractivity contribution is -0.142. The molecule has 8 heteroatoms. The van der Waals surface area contributed by atoms with E-state index in [1.54, 1.807) is 4.90 Å². The highest BCUT2D eigenvalue weighted by Gasteiger charge is 2.33. The predicted octanol–water partition coefficient (Wildman–Crippen LogP) is 3.84. The zero-order valence-electron chi connectivity index (χ0n) is 16.1. The first-order chi connectivity index (χ1) is 13.2. The van der Waals surface area contributed by atoms with Crippen LogP contribution in [-0.2, 0) is 9.59 Å². The van der Waals surface area contributed by atoms with Crippen LogP contribution in [0.3, 0.4) is 0 Å². The summed E-state index contributed by atoms with van der Waals surface area (Å²) in [5, 5.41) is 2.54. The maximum absolute atomic E-state index is 13.9.